The Morgan fingerprint density at radius 2 is 2.12 bits per heavy atom. The molecule has 16 heavy (non-hydrogen) atoms. The number of nitrogens with zero attached hydrogens (tertiary/aromatic N) is 1. The first-order valence-electron chi connectivity index (χ1n) is 6.81. The molecule has 1 aliphatic heterocycles. The molecule has 0 aromatic rings. The number of hydrogen-bond acceptors (Lipinski definition) is 3. The lowest BCUT2D eigenvalue weighted by Gasteiger charge is -2.40. The fraction of sp³-hybridized carbons (Fsp3) is 1.00. The van der Waals surface area contributed by atoms with Gasteiger partial charge in [-0.25, -0.2) is 0 Å². The zero-order valence-corrected chi connectivity index (χ0v) is 10.4. The molecular weight excluding hydrogens is 202 g/mol. The molecule has 0 bridgehead atoms. The standard InChI is InChI=1S/C13H25NO2/c1-2-11-4-5-12(15)10-13(11)14-6-3-8-16-9-7-14/h11-13,15H,2-10H2,1H3. The van der Waals surface area contributed by atoms with Crippen LogP contribution in [0.1, 0.15) is 39.0 Å². The monoisotopic (exact) mass is 227 g/mol. The Bertz CT molecular complexity index is 202. The van der Waals surface area contributed by atoms with E-state index < -0.39 is 0 Å². The lowest BCUT2D eigenvalue weighted by atomic mass is 9.80. The lowest BCUT2D eigenvalue weighted by Crippen LogP contribution is -2.46. The van der Waals surface area contributed by atoms with Gasteiger partial charge >= 0.3 is 0 Å². The molecular formula is C13H25NO2. The molecule has 0 aromatic heterocycles. The molecule has 2 aliphatic rings. The van der Waals surface area contributed by atoms with Crippen molar-refractivity contribution in [3.05, 3.63) is 0 Å². The van der Waals surface area contributed by atoms with Crippen molar-refractivity contribution in [1.82, 2.24) is 4.90 Å². The predicted molar refractivity (Wildman–Crippen MR) is 64.4 cm³/mol. The highest BCUT2D eigenvalue weighted by Gasteiger charge is 2.32. The summed E-state index contributed by atoms with van der Waals surface area (Å²) in [5, 5.41) is 9.84. The molecule has 1 aliphatic carbocycles. The maximum absolute atomic E-state index is 9.84. The van der Waals surface area contributed by atoms with Crippen LogP contribution in [0.25, 0.3) is 0 Å². The topological polar surface area (TPSA) is 32.7 Å². The van der Waals surface area contributed by atoms with Crippen molar-refractivity contribution < 1.29 is 9.84 Å². The Hall–Kier alpha value is -0.120. The molecule has 2 rings (SSSR count). The van der Waals surface area contributed by atoms with Crippen molar-refractivity contribution in [1.29, 1.82) is 0 Å². The van der Waals surface area contributed by atoms with Gasteiger partial charge in [0.25, 0.3) is 0 Å². The van der Waals surface area contributed by atoms with Crippen molar-refractivity contribution in [2.45, 2.75) is 51.2 Å². The zero-order chi connectivity index (χ0) is 11.4. The Balaban J connectivity index is 1.97. The van der Waals surface area contributed by atoms with Crippen LogP contribution in [-0.2, 0) is 4.74 Å². The van der Waals surface area contributed by atoms with Crippen molar-refractivity contribution in [3.63, 3.8) is 0 Å². The molecule has 0 amide bonds. The van der Waals surface area contributed by atoms with E-state index in [9.17, 15) is 5.11 Å². The Kier molecular flexibility index (Phi) is 4.62. The highest BCUT2D eigenvalue weighted by molar-refractivity contribution is 4.86. The summed E-state index contributed by atoms with van der Waals surface area (Å²) in [5.74, 6) is 0.779. The van der Waals surface area contributed by atoms with Gasteiger partial charge in [-0.05, 0) is 31.6 Å². The van der Waals surface area contributed by atoms with E-state index in [4.69, 9.17) is 4.74 Å². The van der Waals surface area contributed by atoms with E-state index in [1.165, 1.54) is 12.8 Å². The number of hydrogen-bond donors (Lipinski definition) is 1. The summed E-state index contributed by atoms with van der Waals surface area (Å²) in [6.07, 6.45) is 5.48. The normalized spacial score (nSPS) is 38.2. The highest BCUT2D eigenvalue weighted by atomic mass is 16.5. The van der Waals surface area contributed by atoms with E-state index in [1.807, 2.05) is 0 Å². The van der Waals surface area contributed by atoms with E-state index in [-0.39, 0.29) is 6.10 Å². The number of aliphatic hydroxyl groups excluding tert-OH is 1. The molecule has 0 radical (unpaired) electrons. The van der Waals surface area contributed by atoms with E-state index in [2.05, 4.69) is 11.8 Å². The number of rotatable bonds is 2. The fourth-order valence-corrected chi connectivity index (χ4v) is 3.21. The molecule has 1 heterocycles. The highest BCUT2D eigenvalue weighted by Crippen LogP contribution is 2.31. The van der Waals surface area contributed by atoms with Gasteiger partial charge < -0.3 is 9.84 Å². The predicted octanol–water partition coefficient (Wildman–Crippen LogP) is 1.65. The van der Waals surface area contributed by atoms with Crippen molar-refractivity contribution in [2.75, 3.05) is 26.3 Å². The molecule has 3 unspecified atom stereocenters. The summed E-state index contributed by atoms with van der Waals surface area (Å²) in [5.41, 5.74) is 0. The number of aliphatic hydroxyl groups is 1. The Morgan fingerprint density at radius 3 is 2.94 bits per heavy atom. The van der Waals surface area contributed by atoms with Crippen LogP contribution in [0.4, 0.5) is 0 Å². The van der Waals surface area contributed by atoms with Crippen LogP contribution in [0.2, 0.25) is 0 Å². The summed E-state index contributed by atoms with van der Waals surface area (Å²) in [6, 6.07) is 0.593. The SMILES string of the molecule is CCC1CCC(O)CC1N1CCCOCC1. The second-order valence-corrected chi connectivity index (χ2v) is 5.20. The maximum Gasteiger partial charge on any atom is 0.0593 e. The summed E-state index contributed by atoms with van der Waals surface area (Å²) in [7, 11) is 0. The second kappa shape index (κ2) is 5.99. The average Bonchev–Trinajstić information content (AvgIpc) is 2.57. The minimum atomic E-state index is -0.0722. The van der Waals surface area contributed by atoms with E-state index in [0.717, 1.165) is 51.5 Å². The van der Waals surface area contributed by atoms with Crippen LogP contribution in [0.5, 0.6) is 0 Å². The van der Waals surface area contributed by atoms with Gasteiger partial charge in [-0.1, -0.05) is 13.3 Å². The minimum absolute atomic E-state index is 0.0722. The second-order valence-electron chi connectivity index (χ2n) is 5.20. The van der Waals surface area contributed by atoms with Gasteiger partial charge in [-0.2, -0.15) is 0 Å². The van der Waals surface area contributed by atoms with Crippen LogP contribution >= 0.6 is 0 Å². The summed E-state index contributed by atoms with van der Waals surface area (Å²) >= 11 is 0. The van der Waals surface area contributed by atoms with Crippen LogP contribution in [-0.4, -0.2) is 48.5 Å². The number of ether oxygens (including phenoxy) is 1. The quantitative estimate of drug-likeness (QED) is 0.778. The minimum Gasteiger partial charge on any atom is -0.393 e. The molecule has 0 spiro atoms. The third-order valence-corrected chi connectivity index (χ3v) is 4.18. The van der Waals surface area contributed by atoms with E-state index >= 15 is 0 Å². The van der Waals surface area contributed by atoms with E-state index in [1.54, 1.807) is 0 Å². The Morgan fingerprint density at radius 1 is 1.25 bits per heavy atom. The van der Waals surface area contributed by atoms with Crippen LogP contribution in [0, 0.1) is 5.92 Å². The molecule has 1 saturated carbocycles. The van der Waals surface area contributed by atoms with Crippen molar-refractivity contribution >= 4 is 0 Å². The first kappa shape index (κ1) is 12.3. The van der Waals surface area contributed by atoms with Gasteiger partial charge in [0.1, 0.15) is 0 Å². The molecule has 3 heteroatoms. The zero-order valence-electron chi connectivity index (χ0n) is 10.4. The fourth-order valence-electron chi connectivity index (χ4n) is 3.21. The first-order chi connectivity index (χ1) is 7.81. The molecule has 0 aromatic carbocycles. The van der Waals surface area contributed by atoms with Crippen molar-refractivity contribution in [2.24, 2.45) is 5.92 Å². The van der Waals surface area contributed by atoms with Gasteiger partial charge in [0, 0.05) is 25.7 Å². The van der Waals surface area contributed by atoms with Gasteiger partial charge in [0.05, 0.1) is 12.7 Å². The maximum atomic E-state index is 9.84. The molecule has 3 atom stereocenters. The largest absolute Gasteiger partial charge is 0.393 e. The van der Waals surface area contributed by atoms with E-state index in [0.29, 0.717) is 6.04 Å². The summed E-state index contributed by atoms with van der Waals surface area (Å²) in [6.45, 7) is 6.25. The van der Waals surface area contributed by atoms with Crippen LogP contribution < -0.4 is 0 Å². The van der Waals surface area contributed by atoms with Gasteiger partial charge in [-0.15, -0.1) is 0 Å². The lowest BCUT2D eigenvalue weighted by molar-refractivity contribution is 0.0240. The molecule has 1 N–H and O–H groups in total. The first-order valence-corrected chi connectivity index (χ1v) is 6.81. The third kappa shape index (κ3) is 2.96. The molecule has 3 nitrogen and oxygen atoms in total. The summed E-state index contributed by atoms with van der Waals surface area (Å²) in [4.78, 5) is 2.56. The van der Waals surface area contributed by atoms with Gasteiger partial charge in [0.2, 0.25) is 0 Å². The average molecular weight is 227 g/mol. The molecule has 94 valence electrons. The van der Waals surface area contributed by atoms with Gasteiger partial charge in [0.15, 0.2) is 0 Å². The molecule has 2 fully saturated rings. The third-order valence-electron chi connectivity index (χ3n) is 4.18. The summed E-state index contributed by atoms with van der Waals surface area (Å²) < 4.78 is 5.51. The molecule has 1 saturated heterocycles. The van der Waals surface area contributed by atoms with Crippen molar-refractivity contribution in [3.8, 4) is 0 Å². The van der Waals surface area contributed by atoms with Crippen LogP contribution in [0.15, 0.2) is 0 Å². The van der Waals surface area contributed by atoms with Gasteiger partial charge in [-0.3, -0.25) is 4.90 Å². The smallest absolute Gasteiger partial charge is 0.0593 e. The Labute approximate surface area is 98.8 Å². The van der Waals surface area contributed by atoms with Crippen LogP contribution in [0.3, 0.4) is 0 Å².